The highest BCUT2D eigenvalue weighted by molar-refractivity contribution is 7.90. The summed E-state index contributed by atoms with van der Waals surface area (Å²) in [6.45, 7) is 5.06. The van der Waals surface area contributed by atoms with Crippen LogP contribution in [-0.4, -0.2) is 59.1 Å². The normalized spacial score (nSPS) is 15.2. The van der Waals surface area contributed by atoms with E-state index in [2.05, 4.69) is 10.2 Å². The van der Waals surface area contributed by atoms with E-state index in [0.717, 1.165) is 43.0 Å². The zero-order valence-electron chi connectivity index (χ0n) is 16.6. The van der Waals surface area contributed by atoms with Gasteiger partial charge >= 0.3 is 0 Å². The predicted molar refractivity (Wildman–Crippen MR) is 112 cm³/mol. The number of nitrogens with one attached hydrogen (secondary N) is 2. The number of nitrogens with zero attached hydrogens (tertiary/aromatic N) is 1. The summed E-state index contributed by atoms with van der Waals surface area (Å²) in [5.41, 5.74) is 2.09. The summed E-state index contributed by atoms with van der Waals surface area (Å²) in [4.78, 5) is 27.4. The van der Waals surface area contributed by atoms with Crippen LogP contribution in [0.15, 0.2) is 53.4 Å². The Morgan fingerprint density at radius 1 is 1.03 bits per heavy atom. The Bertz CT molecular complexity index is 995. The van der Waals surface area contributed by atoms with Gasteiger partial charge in [0.2, 0.25) is 0 Å². The molecule has 0 saturated carbocycles. The fourth-order valence-corrected chi connectivity index (χ4v) is 4.32. The fraction of sp³-hybridized carbons (Fsp3) is 0.333. The topological polar surface area (TPSA) is 88.0 Å². The number of piperazine rings is 1. The van der Waals surface area contributed by atoms with Crippen molar-refractivity contribution in [1.82, 2.24) is 0 Å². The lowest BCUT2D eigenvalue weighted by Gasteiger charge is -2.33. The van der Waals surface area contributed by atoms with E-state index in [1.807, 2.05) is 24.3 Å². The Kier molecular flexibility index (Phi) is 6.34. The van der Waals surface area contributed by atoms with Gasteiger partial charge in [-0.25, -0.2) is 8.42 Å². The van der Waals surface area contributed by atoms with E-state index >= 15 is 0 Å². The number of rotatable bonds is 6. The van der Waals surface area contributed by atoms with Crippen LogP contribution in [0.3, 0.4) is 0 Å². The third-order valence-corrected chi connectivity index (χ3v) is 6.24. The fourth-order valence-electron chi connectivity index (χ4n) is 3.48. The molecule has 0 spiro atoms. The van der Waals surface area contributed by atoms with Crippen LogP contribution in [0.5, 0.6) is 0 Å². The molecule has 0 unspecified atom stereocenters. The van der Waals surface area contributed by atoms with Crippen LogP contribution in [0, 0.1) is 0 Å². The van der Waals surface area contributed by atoms with Crippen LogP contribution in [0.1, 0.15) is 17.3 Å². The van der Waals surface area contributed by atoms with Gasteiger partial charge < -0.3 is 15.1 Å². The number of anilines is 2. The quantitative estimate of drug-likeness (QED) is 0.675. The molecule has 0 atom stereocenters. The van der Waals surface area contributed by atoms with Gasteiger partial charge in [0.05, 0.1) is 36.8 Å². The maximum absolute atomic E-state index is 12.4. The first kappa shape index (κ1) is 21.0. The maximum atomic E-state index is 12.4. The number of sulfone groups is 1. The number of amides is 1. The zero-order chi connectivity index (χ0) is 21.0. The molecule has 1 fully saturated rings. The van der Waals surface area contributed by atoms with E-state index in [-0.39, 0.29) is 23.1 Å². The summed E-state index contributed by atoms with van der Waals surface area (Å²) in [5, 5.41) is 2.74. The number of carbonyl (C=O) groups excluding carboxylic acids is 2. The van der Waals surface area contributed by atoms with Crippen LogP contribution in [-0.2, 0) is 14.6 Å². The van der Waals surface area contributed by atoms with Crippen molar-refractivity contribution in [2.75, 3.05) is 49.2 Å². The lowest BCUT2D eigenvalue weighted by Crippen LogP contribution is -3.15. The summed E-state index contributed by atoms with van der Waals surface area (Å²) in [6, 6.07) is 14.0. The molecule has 1 amide bonds. The Balaban J connectivity index is 1.55. The average molecular weight is 417 g/mol. The Morgan fingerprint density at radius 2 is 1.66 bits per heavy atom. The predicted octanol–water partition coefficient (Wildman–Crippen LogP) is 0.636. The molecule has 1 saturated heterocycles. The number of ketones is 1. The minimum absolute atomic E-state index is 0.0503. The molecule has 1 heterocycles. The van der Waals surface area contributed by atoms with Crippen molar-refractivity contribution in [3.63, 3.8) is 0 Å². The second-order valence-electron chi connectivity index (χ2n) is 7.33. The summed E-state index contributed by atoms with van der Waals surface area (Å²) >= 11 is 0. The van der Waals surface area contributed by atoms with Crippen molar-refractivity contribution < 1.29 is 22.9 Å². The molecule has 1 aliphatic rings. The van der Waals surface area contributed by atoms with E-state index in [1.165, 1.54) is 6.07 Å². The van der Waals surface area contributed by atoms with E-state index in [1.54, 1.807) is 25.1 Å². The lowest BCUT2D eigenvalue weighted by atomic mass is 10.1. The molecule has 2 aromatic carbocycles. The summed E-state index contributed by atoms with van der Waals surface area (Å²) < 4.78 is 23.7. The van der Waals surface area contributed by atoms with Gasteiger partial charge in [0.25, 0.3) is 5.91 Å². The van der Waals surface area contributed by atoms with Gasteiger partial charge in [0.1, 0.15) is 0 Å². The van der Waals surface area contributed by atoms with E-state index in [0.29, 0.717) is 11.3 Å². The molecule has 154 valence electrons. The first-order valence-corrected chi connectivity index (χ1v) is 11.4. The van der Waals surface area contributed by atoms with Crippen molar-refractivity contribution in [2.24, 2.45) is 0 Å². The van der Waals surface area contributed by atoms with Crippen molar-refractivity contribution in [3.05, 3.63) is 54.1 Å². The highest BCUT2D eigenvalue weighted by Gasteiger charge is 2.23. The number of quaternary nitrogens is 1. The van der Waals surface area contributed by atoms with Crippen LogP contribution in [0.25, 0.3) is 0 Å². The third kappa shape index (κ3) is 5.42. The van der Waals surface area contributed by atoms with Crippen molar-refractivity contribution >= 4 is 32.9 Å². The first-order valence-electron chi connectivity index (χ1n) is 9.52. The van der Waals surface area contributed by atoms with Crippen LogP contribution in [0.2, 0.25) is 0 Å². The number of para-hydroxylation sites is 1. The zero-order valence-corrected chi connectivity index (χ0v) is 17.5. The maximum Gasteiger partial charge on any atom is 0.279 e. The van der Waals surface area contributed by atoms with Crippen molar-refractivity contribution in [3.8, 4) is 0 Å². The number of Topliss-reactive ketones (excluding diaryl/α,β-unsaturated/α-hetero) is 1. The second kappa shape index (κ2) is 8.75. The monoisotopic (exact) mass is 416 g/mol. The number of hydrogen-bond acceptors (Lipinski definition) is 5. The largest absolute Gasteiger partial charge is 0.360 e. The van der Waals surface area contributed by atoms with Crippen LogP contribution < -0.4 is 15.1 Å². The number of carbonyl (C=O) groups is 2. The SMILES string of the molecule is CC(=O)c1ccc(N2CC[NH+](CC(=O)Nc3ccccc3S(C)(=O)=O)CC2)cc1. The van der Waals surface area contributed by atoms with Gasteiger partial charge in [-0.3, -0.25) is 9.59 Å². The summed E-state index contributed by atoms with van der Waals surface area (Å²) in [6.07, 6.45) is 1.13. The Labute approximate surface area is 171 Å². The molecule has 29 heavy (non-hydrogen) atoms. The van der Waals surface area contributed by atoms with Gasteiger partial charge in [0.15, 0.2) is 22.2 Å². The molecule has 0 radical (unpaired) electrons. The molecule has 0 bridgehead atoms. The average Bonchev–Trinajstić information content (AvgIpc) is 2.68. The second-order valence-corrected chi connectivity index (χ2v) is 9.32. The van der Waals surface area contributed by atoms with Gasteiger partial charge in [-0.2, -0.15) is 0 Å². The van der Waals surface area contributed by atoms with Gasteiger partial charge in [-0.1, -0.05) is 12.1 Å². The molecular weight excluding hydrogens is 390 g/mol. The highest BCUT2D eigenvalue weighted by Crippen LogP contribution is 2.20. The minimum atomic E-state index is -3.41. The van der Waals surface area contributed by atoms with Crippen molar-refractivity contribution in [1.29, 1.82) is 0 Å². The van der Waals surface area contributed by atoms with E-state index < -0.39 is 9.84 Å². The molecule has 1 aliphatic heterocycles. The van der Waals surface area contributed by atoms with E-state index in [9.17, 15) is 18.0 Å². The molecule has 0 aromatic heterocycles. The molecule has 2 N–H and O–H groups in total. The smallest absolute Gasteiger partial charge is 0.279 e. The Morgan fingerprint density at radius 3 is 2.24 bits per heavy atom. The number of hydrogen-bond donors (Lipinski definition) is 2. The van der Waals surface area contributed by atoms with E-state index in [4.69, 9.17) is 0 Å². The minimum Gasteiger partial charge on any atom is -0.360 e. The lowest BCUT2D eigenvalue weighted by molar-refractivity contribution is -0.892. The van der Waals surface area contributed by atoms with Crippen LogP contribution >= 0.6 is 0 Å². The first-order chi connectivity index (χ1) is 13.7. The molecular formula is C21H26N3O4S+. The highest BCUT2D eigenvalue weighted by atomic mass is 32.2. The molecule has 0 aliphatic carbocycles. The van der Waals surface area contributed by atoms with Gasteiger partial charge in [0, 0.05) is 17.5 Å². The molecule has 8 heteroatoms. The van der Waals surface area contributed by atoms with Crippen LogP contribution in [0.4, 0.5) is 11.4 Å². The summed E-state index contributed by atoms with van der Waals surface area (Å²) in [5.74, 6) is -0.148. The molecule has 7 nitrogen and oxygen atoms in total. The summed E-state index contributed by atoms with van der Waals surface area (Å²) in [7, 11) is -3.41. The standard InChI is InChI=1S/C21H25N3O4S/c1-16(25)17-7-9-18(10-8-17)24-13-11-23(12-14-24)15-21(26)22-19-5-3-4-6-20(19)29(2,27)28/h3-10H,11-15H2,1-2H3,(H,22,26)/p+1. The Hall–Kier alpha value is -2.71. The number of benzene rings is 2. The van der Waals surface area contributed by atoms with Gasteiger partial charge in [-0.05, 0) is 43.3 Å². The van der Waals surface area contributed by atoms with Gasteiger partial charge in [-0.15, -0.1) is 0 Å². The molecule has 2 aromatic rings. The third-order valence-electron chi connectivity index (χ3n) is 5.08. The molecule has 3 rings (SSSR count). The van der Waals surface area contributed by atoms with Crippen molar-refractivity contribution in [2.45, 2.75) is 11.8 Å².